The highest BCUT2D eigenvalue weighted by molar-refractivity contribution is 7.98. The van der Waals surface area contributed by atoms with Crippen molar-refractivity contribution in [3.05, 3.63) is 117 Å². The Morgan fingerprint density at radius 1 is 0.733 bits per heavy atom. The van der Waals surface area contributed by atoms with Crippen molar-refractivity contribution in [2.24, 2.45) is 0 Å². The summed E-state index contributed by atoms with van der Waals surface area (Å²) in [5.74, 6) is 1.40. The SMILES string of the molecule is CSc1cccc(-n2c(=O)c3c(c4cccnc42)OC(C)C3)c1.CSc1cccc(-n2c(=O)c3c(c4cccnc42)OCC3)c1. The van der Waals surface area contributed by atoms with Gasteiger partial charge in [0.2, 0.25) is 0 Å². The lowest BCUT2D eigenvalue weighted by Crippen LogP contribution is -2.22. The van der Waals surface area contributed by atoms with Crippen LogP contribution in [0.2, 0.25) is 0 Å². The molecule has 0 saturated carbocycles. The predicted molar refractivity (Wildman–Crippen MR) is 181 cm³/mol. The second kappa shape index (κ2) is 12.1. The molecular formula is C35H30N4O4S2. The summed E-state index contributed by atoms with van der Waals surface area (Å²) in [5, 5.41) is 1.78. The molecule has 0 spiro atoms. The minimum absolute atomic E-state index is 0.0227. The van der Waals surface area contributed by atoms with Crippen molar-refractivity contribution in [3.8, 4) is 22.9 Å². The second-order valence-corrected chi connectivity index (χ2v) is 12.5. The fourth-order valence-electron chi connectivity index (χ4n) is 5.95. The van der Waals surface area contributed by atoms with Crippen molar-refractivity contribution in [3.63, 3.8) is 0 Å². The van der Waals surface area contributed by atoms with Gasteiger partial charge in [0.15, 0.2) is 11.3 Å². The van der Waals surface area contributed by atoms with Gasteiger partial charge in [-0.1, -0.05) is 12.1 Å². The van der Waals surface area contributed by atoms with Crippen LogP contribution < -0.4 is 20.6 Å². The molecule has 4 aromatic heterocycles. The molecule has 2 aliphatic heterocycles. The summed E-state index contributed by atoms with van der Waals surface area (Å²) in [7, 11) is 0. The summed E-state index contributed by atoms with van der Waals surface area (Å²) in [4.78, 5) is 37.1. The van der Waals surface area contributed by atoms with Crippen molar-refractivity contribution in [2.75, 3.05) is 19.1 Å². The molecule has 2 aromatic carbocycles. The van der Waals surface area contributed by atoms with E-state index in [-0.39, 0.29) is 17.2 Å². The molecule has 0 N–H and O–H groups in total. The molecule has 0 radical (unpaired) electrons. The van der Waals surface area contributed by atoms with E-state index in [1.54, 1.807) is 45.1 Å². The Bertz CT molecular complexity index is 2210. The first kappa shape index (κ1) is 29.2. The molecule has 8 rings (SSSR count). The first-order chi connectivity index (χ1) is 22.0. The summed E-state index contributed by atoms with van der Waals surface area (Å²) in [5.41, 5.74) is 4.39. The molecular weight excluding hydrogens is 605 g/mol. The van der Waals surface area contributed by atoms with Crippen LogP contribution in [0, 0.1) is 0 Å². The second-order valence-electron chi connectivity index (χ2n) is 10.8. The third-order valence-electron chi connectivity index (χ3n) is 7.99. The van der Waals surface area contributed by atoms with Crippen LogP contribution >= 0.6 is 23.5 Å². The van der Waals surface area contributed by atoms with Crippen molar-refractivity contribution in [1.29, 1.82) is 0 Å². The highest BCUT2D eigenvalue weighted by Crippen LogP contribution is 2.35. The minimum atomic E-state index is -0.0335. The molecule has 45 heavy (non-hydrogen) atoms. The van der Waals surface area contributed by atoms with E-state index in [9.17, 15) is 9.59 Å². The van der Waals surface area contributed by atoms with Crippen LogP contribution in [0.25, 0.3) is 33.4 Å². The van der Waals surface area contributed by atoms with E-state index in [4.69, 9.17) is 9.47 Å². The van der Waals surface area contributed by atoms with E-state index in [1.165, 1.54) is 0 Å². The zero-order chi connectivity index (χ0) is 31.1. The normalized spacial score (nSPS) is 14.8. The van der Waals surface area contributed by atoms with Crippen molar-refractivity contribution in [2.45, 2.75) is 35.7 Å². The highest BCUT2D eigenvalue weighted by atomic mass is 32.2. The molecule has 6 aromatic rings. The number of benzene rings is 2. The summed E-state index contributed by atoms with van der Waals surface area (Å²) >= 11 is 3.31. The summed E-state index contributed by atoms with van der Waals surface area (Å²) in [6.07, 6.45) is 8.78. The van der Waals surface area contributed by atoms with Gasteiger partial charge in [-0.3, -0.25) is 18.7 Å². The molecule has 1 atom stereocenters. The smallest absolute Gasteiger partial charge is 0.263 e. The van der Waals surface area contributed by atoms with E-state index >= 15 is 0 Å². The molecule has 8 nitrogen and oxygen atoms in total. The van der Waals surface area contributed by atoms with Crippen molar-refractivity contribution >= 4 is 45.6 Å². The monoisotopic (exact) mass is 634 g/mol. The maximum atomic E-state index is 13.1. The minimum Gasteiger partial charge on any atom is -0.492 e. The fraction of sp³-hybridized carbons (Fsp3) is 0.200. The number of pyridine rings is 4. The lowest BCUT2D eigenvalue weighted by atomic mass is 10.1. The molecule has 226 valence electrons. The Balaban J connectivity index is 0.000000145. The molecule has 1 unspecified atom stereocenters. The van der Waals surface area contributed by atoms with Gasteiger partial charge in [0.05, 0.1) is 39.9 Å². The topological polar surface area (TPSA) is 88.2 Å². The molecule has 0 bridgehead atoms. The zero-order valence-electron chi connectivity index (χ0n) is 25.0. The Labute approximate surface area is 268 Å². The van der Waals surface area contributed by atoms with E-state index in [2.05, 4.69) is 9.97 Å². The number of nitrogens with zero attached hydrogens (tertiary/aromatic N) is 4. The third kappa shape index (κ3) is 5.17. The van der Waals surface area contributed by atoms with E-state index in [1.807, 2.05) is 92.2 Å². The number of thioether (sulfide) groups is 2. The lowest BCUT2D eigenvalue weighted by molar-refractivity contribution is 0.257. The van der Waals surface area contributed by atoms with Crippen LogP contribution in [0.15, 0.2) is 105 Å². The first-order valence-electron chi connectivity index (χ1n) is 14.6. The average molecular weight is 635 g/mol. The fourth-order valence-corrected chi connectivity index (χ4v) is 6.86. The maximum absolute atomic E-state index is 13.1. The average Bonchev–Trinajstić information content (AvgIpc) is 3.74. The largest absolute Gasteiger partial charge is 0.492 e. The number of fused-ring (bicyclic) bond motifs is 6. The van der Waals surface area contributed by atoms with Crippen LogP contribution in [0.3, 0.4) is 0 Å². The van der Waals surface area contributed by atoms with Crippen LogP contribution in [-0.2, 0) is 12.8 Å². The standard InChI is InChI=1S/C18H16N2O2S.C17H14N2O2S/c1-11-9-15-16(22-11)14-7-4-8-19-17(14)20(18(15)21)12-5-3-6-13(10-12)23-2;1-22-12-5-2-4-11(10-12)19-16-13(6-3-8-18-16)15-14(17(19)20)7-9-21-15/h3-8,10-11H,9H2,1-2H3;2-6,8,10H,7,9H2,1H3. The molecule has 10 heteroatoms. The van der Waals surface area contributed by atoms with Crippen LogP contribution in [0.4, 0.5) is 0 Å². The molecule has 0 fully saturated rings. The van der Waals surface area contributed by atoms with E-state index in [0.717, 1.165) is 43.1 Å². The van der Waals surface area contributed by atoms with Gasteiger partial charge in [-0.05, 0) is 80.1 Å². The molecule has 2 aliphatic rings. The molecule has 0 saturated heterocycles. The Morgan fingerprint density at radius 3 is 1.87 bits per heavy atom. The molecule has 0 amide bonds. The molecule has 0 aliphatic carbocycles. The van der Waals surface area contributed by atoms with Crippen LogP contribution in [0.1, 0.15) is 18.1 Å². The number of hydrogen-bond donors (Lipinski definition) is 0. The number of aromatic nitrogens is 4. The van der Waals surface area contributed by atoms with Gasteiger partial charge in [-0.25, -0.2) is 9.97 Å². The number of ether oxygens (including phenoxy) is 2. The van der Waals surface area contributed by atoms with Gasteiger partial charge in [-0.2, -0.15) is 0 Å². The maximum Gasteiger partial charge on any atom is 0.263 e. The highest BCUT2D eigenvalue weighted by Gasteiger charge is 2.28. The van der Waals surface area contributed by atoms with Gasteiger partial charge in [0, 0.05) is 35.0 Å². The number of rotatable bonds is 4. The quantitative estimate of drug-likeness (QED) is 0.204. The Morgan fingerprint density at radius 2 is 1.29 bits per heavy atom. The lowest BCUT2D eigenvalue weighted by Gasteiger charge is -2.13. The van der Waals surface area contributed by atoms with Crippen LogP contribution in [0.5, 0.6) is 11.5 Å². The van der Waals surface area contributed by atoms with Gasteiger partial charge in [0.1, 0.15) is 17.6 Å². The summed E-state index contributed by atoms with van der Waals surface area (Å²) in [6, 6.07) is 23.6. The van der Waals surface area contributed by atoms with E-state index < -0.39 is 0 Å². The van der Waals surface area contributed by atoms with Crippen LogP contribution in [-0.4, -0.2) is 44.3 Å². The number of hydrogen-bond acceptors (Lipinski definition) is 8. The Kier molecular flexibility index (Phi) is 7.85. The predicted octanol–water partition coefficient (Wildman–Crippen LogP) is 6.47. The van der Waals surface area contributed by atoms with E-state index in [0.29, 0.717) is 42.2 Å². The zero-order valence-corrected chi connectivity index (χ0v) is 26.7. The van der Waals surface area contributed by atoms with Crippen molar-refractivity contribution in [1.82, 2.24) is 19.1 Å². The van der Waals surface area contributed by atoms with Crippen molar-refractivity contribution < 1.29 is 9.47 Å². The van der Waals surface area contributed by atoms with Gasteiger partial charge < -0.3 is 9.47 Å². The first-order valence-corrected chi connectivity index (χ1v) is 17.1. The van der Waals surface area contributed by atoms with Gasteiger partial charge >= 0.3 is 0 Å². The third-order valence-corrected chi connectivity index (χ3v) is 9.44. The van der Waals surface area contributed by atoms with Gasteiger partial charge in [-0.15, -0.1) is 23.5 Å². The summed E-state index contributed by atoms with van der Waals surface area (Å²) in [6.45, 7) is 2.55. The summed E-state index contributed by atoms with van der Waals surface area (Å²) < 4.78 is 15.0. The Hall–Kier alpha value is -4.54. The van der Waals surface area contributed by atoms with Gasteiger partial charge in [0.25, 0.3) is 11.1 Å². The molecule has 6 heterocycles.